The van der Waals surface area contributed by atoms with Gasteiger partial charge in [-0.3, -0.25) is 10.1 Å². The van der Waals surface area contributed by atoms with Crippen molar-refractivity contribution in [2.45, 2.75) is 0 Å². The van der Waals surface area contributed by atoms with Gasteiger partial charge in [0.15, 0.2) is 0 Å². The average molecular weight is 257 g/mol. The second-order valence-electron chi connectivity index (χ2n) is 3.88. The summed E-state index contributed by atoms with van der Waals surface area (Å²) in [6.07, 6.45) is 0. The highest BCUT2D eigenvalue weighted by Gasteiger charge is 2.15. The van der Waals surface area contributed by atoms with E-state index in [1.807, 2.05) is 30.3 Å². The molecule has 5 heteroatoms. The van der Waals surface area contributed by atoms with Gasteiger partial charge in [0.2, 0.25) is 0 Å². The summed E-state index contributed by atoms with van der Waals surface area (Å²) in [5.74, 6) is -0.596. The van der Waals surface area contributed by atoms with Crippen LogP contribution < -0.4 is 0 Å². The first-order chi connectivity index (χ1) is 9.11. The molecule has 0 unspecified atom stereocenters. The average Bonchev–Trinajstić information content (AvgIpc) is 2.46. The summed E-state index contributed by atoms with van der Waals surface area (Å²) >= 11 is 0. The zero-order valence-electron chi connectivity index (χ0n) is 10.2. The second kappa shape index (κ2) is 5.30. The third-order valence-corrected chi connectivity index (χ3v) is 2.66. The lowest BCUT2D eigenvalue weighted by Gasteiger charge is -2.05. The van der Waals surface area contributed by atoms with Crippen molar-refractivity contribution >= 4 is 11.7 Å². The van der Waals surface area contributed by atoms with Crippen LogP contribution in [-0.4, -0.2) is 18.0 Å². The van der Waals surface area contributed by atoms with Gasteiger partial charge in [-0.2, -0.15) is 0 Å². The van der Waals surface area contributed by atoms with E-state index in [9.17, 15) is 14.9 Å². The molecular weight excluding hydrogens is 246 g/mol. The van der Waals surface area contributed by atoms with Gasteiger partial charge in [0, 0.05) is 12.1 Å². The van der Waals surface area contributed by atoms with Crippen LogP contribution in [0, 0.1) is 10.1 Å². The molecule has 2 rings (SSSR count). The van der Waals surface area contributed by atoms with E-state index in [0.717, 1.165) is 5.56 Å². The number of nitro benzene ring substituents is 1. The fraction of sp³-hybridized carbons (Fsp3) is 0.0714. The molecule has 0 aliphatic carbocycles. The molecule has 0 aliphatic rings. The molecule has 96 valence electrons. The Hall–Kier alpha value is -2.69. The van der Waals surface area contributed by atoms with Gasteiger partial charge in [0.1, 0.15) is 0 Å². The highest BCUT2D eigenvalue weighted by molar-refractivity contribution is 5.92. The van der Waals surface area contributed by atoms with Crippen molar-refractivity contribution in [3.63, 3.8) is 0 Å². The van der Waals surface area contributed by atoms with Crippen molar-refractivity contribution in [2.24, 2.45) is 0 Å². The van der Waals surface area contributed by atoms with E-state index in [-0.39, 0.29) is 11.3 Å². The Balaban J connectivity index is 2.58. The highest BCUT2D eigenvalue weighted by Crippen LogP contribution is 2.26. The minimum absolute atomic E-state index is 0.137. The smallest absolute Gasteiger partial charge is 0.338 e. The van der Waals surface area contributed by atoms with E-state index in [0.29, 0.717) is 5.56 Å². The van der Waals surface area contributed by atoms with Gasteiger partial charge in [-0.15, -0.1) is 0 Å². The Morgan fingerprint density at radius 1 is 1.11 bits per heavy atom. The van der Waals surface area contributed by atoms with E-state index in [2.05, 4.69) is 4.74 Å². The zero-order valence-corrected chi connectivity index (χ0v) is 10.2. The Morgan fingerprint density at radius 2 is 1.79 bits per heavy atom. The number of esters is 1. The fourth-order valence-corrected chi connectivity index (χ4v) is 1.75. The second-order valence-corrected chi connectivity index (χ2v) is 3.88. The number of methoxy groups -OCH3 is 1. The van der Waals surface area contributed by atoms with Crippen LogP contribution in [0.5, 0.6) is 0 Å². The SMILES string of the molecule is COC(=O)c1cc(-c2ccccc2)cc([N+](=O)[O-])c1. The van der Waals surface area contributed by atoms with Crippen LogP contribution in [0.1, 0.15) is 10.4 Å². The van der Waals surface area contributed by atoms with E-state index >= 15 is 0 Å². The minimum Gasteiger partial charge on any atom is -0.465 e. The lowest BCUT2D eigenvalue weighted by atomic mass is 10.0. The van der Waals surface area contributed by atoms with Gasteiger partial charge >= 0.3 is 5.97 Å². The summed E-state index contributed by atoms with van der Waals surface area (Å²) in [5.41, 5.74) is 1.43. The van der Waals surface area contributed by atoms with Gasteiger partial charge in [-0.1, -0.05) is 30.3 Å². The molecule has 0 saturated heterocycles. The van der Waals surface area contributed by atoms with Crippen LogP contribution in [0.4, 0.5) is 5.69 Å². The first-order valence-corrected chi connectivity index (χ1v) is 5.55. The van der Waals surface area contributed by atoms with E-state index in [1.165, 1.54) is 19.2 Å². The molecule has 2 aromatic rings. The maximum absolute atomic E-state index is 11.5. The number of non-ortho nitro benzene ring substituents is 1. The number of carbonyl (C=O) groups excluding carboxylic acids is 1. The van der Waals surface area contributed by atoms with Crippen molar-refractivity contribution in [1.82, 2.24) is 0 Å². The minimum atomic E-state index is -0.596. The van der Waals surface area contributed by atoms with Gasteiger partial charge in [0.05, 0.1) is 17.6 Å². The molecule has 0 atom stereocenters. The third kappa shape index (κ3) is 2.77. The molecule has 0 bridgehead atoms. The van der Waals surface area contributed by atoms with E-state index in [4.69, 9.17) is 0 Å². The molecule has 0 N–H and O–H groups in total. The van der Waals surface area contributed by atoms with Crippen molar-refractivity contribution in [3.05, 3.63) is 64.2 Å². The van der Waals surface area contributed by atoms with Crippen LogP contribution in [0.2, 0.25) is 0 Å². The molecule has 0 saturated carbocycles. The van der Waals surface area contributed by atoms with Crippen LogP contribution in [0.3, 0.4) is 0 Å². The molecule has 2 aromatic carbocycles. The number of hydrogen-bond acceptors (Lipinski definition) is 4. The largest absolute Gasteiger partial charge is 0.465 e. The molecule has 0 aromatic heterocycles. The molecule has 0 aliphatic heterocycles. The van der Waals surface area contributed by atoms with Crippen molar-refractivity contribution in [2.75, 3.05) is 7.11 Å². The van der Waals surface area contributed by atoms with Crippen molar-refractivity contribution in [1.29, 1.82) is 0 Å². The highest BCUT2D eigenvalue weighted by atomic mass is 16.6. The summed E-state index contributed by atoms with van der Waals surface area (Å²) in [5, 5.41) is 10.9. The van der Waals surface area contributed by atoms with Gasteiger partial charge in [0.25, 0.3) is 5.69 Å². The van der Waals surface area contributed by atoms with Gasteiger partial charge in [-0.05, 0) is 17.2 Å². The molecule has 0 spiro atoms. The number of nitro groups is 1. The molecule has 0 amide bonds. The Bertz CT molecular complexity index is 623. The fourth-order valence-electron chi connectivity index (χ4n) is 1.75. The maximum Gasteiger partial charge on any atom is 0.338 e. The van der Waals surface area contributed by atoms with E-state index < -0.39 is 10.9 Å². The maximum atomic E-state index is 11.5. The molecule has 19 heavy (non-hydrogen) atoms. The lowest BCUT2D eigenvalue weighted by Crippen LogP contribution is -2.02. The monoisotopic (exact) mass is 257 g/mol. The molecular formula is C14H11NO4. The number of carbonyl (C=O) groups is 1. The van der Waals surface area contributed by atoms with Gasteiger partial charge < -0.3 is 4.74 Å². The van der Waals surface area contributed by atoms with E-state index in [1.54, 1.807) is 6.07 Å². The summed E-state index contributed by atoms with van der Waals surface area (Å²) in [4.78, 5) is 21.9. The molecule has 0 radical (unpaired) electrons. The Morgan fingerprint density at radius 3 is 2.37 bits per heavy atom. The lowest BCUT2D eigenvalue weighted by molar-refractivity contribution is -0.384. The summed E-state index contributed by atoms with van der Waals surface area (Å²) in [7, 11) is 1.24. The number of ether oxygens (including phenoxy) is 1. The third-order valence-electron chi connectivity index (χ3n) is 2.66. The Labute approximate surface area is 109 Å². The first-order valence-electron chi connectivity index (χ1n) is 5.55. The van der Waals surface area contributed by atoms with Crippen LogP contribution >= 0.6 is 0 Å². The zero-order chi connectivity index (χ0) is 13.8. The molecule has 5 nitrogen and oxygen atoms in total. The van der Waals surface area contributed by atoms with Crippen molar-refractivity contribution < 1.29 is 14.5 Å². The predicted octanol–water partition coefficient (Wildman–Crippen LogP) is 3.05. The number of benzene rings is 2. The molecule has 0 fully saturated rings. The predicted molar refractivity (Wildman–Crippen MR) is 69.9 cm³/mol. The van der Waals surface area contributed by atoms with Crippen LogP contribution in [0.25, 0.3) is 11.1 Å². The van der Waals surface area contributed by atoms with Gasteiger partial charge in [-0.25, -0.2) is 4.79 Å². The topological polar surface area (TPSA) is 69.4 Å². The Kier molecular flexibility index (Phi) is 3.56. The number of hydrogen-bond donors (Lipinski definition) is 0. The summed E-state index contributed by atoms with van der Waals surface area (Å²) in [6.45, 7) is 0. The number of nitrogens with zero attached hydrogens (tertiary/aromatic N) is 1. The summed E-state index contributed by atoms with van der Waals surface area (Å²) in [6, 6.07) is 13.4. The molecule has 0 heterocycles. The van der Waals surface area contributed by atoms with Crippen LogP contribution in [0.15, 0.2) is 48.5 Å². The first kappa shape index (κ1) is 12.8. The van der Waals surface area contributed by atoms with Crippen molar-refractivity contribution in [3.8, 4) is 11.1 Å². The van der Waals surface area contributed by atoms with Crippen LogP contribution in [-0.2, 0) is 4.74 Å². The normalized spacial score (nSPS) is 9.95. The number of rotatable bonds is 3. The summed E-state index contributed by atoms with van der Waals surface area (Å²) < 4.78 is 4.60. The standard InChI is InChI=1S/C14H11NO4/c1-19-14(16)12-7-11(8-13(9-12)15(17)18)10-5-3-2-4-6-10/h2-9H,1H3. The quantitative estimate of drug-likeness (QED) is 0.481.